The second-order valence-electron chi connectivity index (χ2n) is 5.90. The van der Waals surface area contributed by atoms with Crippen LogP contribution in [0.1, 0.15) is 36.6 Å². The molecule has 1 atom stereocenters. The van der Waals surface area contributed by atoms with E-state index in [1.165, 1.54) is 24.2 Å². The molecule has 2 aromatic rings. The molecule has 0 bridgehead atoms. The number of nitrogens with one attached hydrogen (secondary N) is 2. The lowest BCUT2D eigenvalue weighted by molar-refractivity contribution is -0.936. The molecule has 0 aliphatic carbocycles. The van der Waals surface area contributed by atoms with E-state index in [0.717, 1.165) is 24.4 Å². The van der Waals surface area contributed by atoms with E-state index in [1.807, 2.05) is 29.0 Å². The van der Waals surface area contributed by atoms with Crippen LogP contribution in [0.5, 0.6) is 0 Å². The molecule has 1 aliphatic rings. The van der Waals surface area contributed by atoms with Crippen molar-refractivity contribution >= 4 is 17.2 Å². The van der Waals surface area contributed by atoms with E-state index in [9.17, 15) is 4.79 Å². The largest absolute Gasteiger partial charge is 0.463 e. The van der Waals surface area contributed by atoms with Crippen LogP contribution in [0.15, 0.2) is 39.6 Å². The maximum atomic E-state index is 12.1. The summed E-state index contributed by atoms with van der Waals surface area (Å²) in [6.45, 7) is 2.96. The molecule has 2 N–H and O–H groups in total. The van der Waals surface area contributed by atoms with Crippen molar-refractivity contribution < 1.29 is 14.1 Å². The Hall–Kier alpha value is -1.59. The zero-order chi connectivity index (χ0) is 15.2. The zero-order valence-corrected chi connectivity index (χ0v) is 13.5. The summed E-state index contributed by atoms with van der Waals surface area (Å²) in [6.07, 6.45) is 6.02. The summed E-state index contributed by atoms with van der Waals surface area (Å²) >= 11 is 1.63. The van der Waals surface area contributed by atoms with Crippen LogP contribution in [0.3, 0.4) is 0 Å². The first-order valence-electron chi connectivity index (χ1n) is 7.98. The van der Waals surface area contributed by atoms with Crippen LogP contribution in [0, 0.1) is 0 Å². The predicted octanol–water partition coefficient (Wildman–Crippen LogP) is 1.81. The molecule has 3 rings (SSSR count). The molecule has 0 aromatic carbocycles. The van der Waals surface area contributed by atoms with Crippen molar-refractivity contribution in [3.8, 4) is 0 Å². The van der Waals surface area contributed by atoms with E-state index in [1.54, 1.807) is 17.6 Å². The quantitative estimate of drug-likeness (QED) is 0.853. The van der Waals surface area contributed by atoms with E-state index in [-0.39, 0.29) is 11.9 Å². The standard InChI is InChI=1S/C17H22N2O2S/c20-17(11-14-6-10-22-13-14)18-12-15(16-5-4-9-21-16)19-7-2-1-3-8-19/h4-6,9-10,13,15H,1-3,7-8,11-12H2,(H,18,20)/p+1/t15-/m1/s1. The summed E-state index contributed by atoms with van der Waals surface area (Å²) in [5.41, 5.74) is 1.09. The highest BCUT2D eigenvalue weighted by molar-refractivity contribution is 7.07. The average Bonchev–Trinajstić information content (AvgIpc) is 3.22. The van der Waals surface area contributed by atoms with Gasteiger partial charge in [-0.1, -0.05) is 0 Å². The average molecular weight is 319 g/mol. The Labute approximate surface area is 135 Å². The van der Waals surface area contributed by atoms with Crippen molar-refractivity contribution in [1.82, 2.24) is 5.32 Å². The Balaban J connectivity index is 1.59. The van der Waals surface area contributed by atoms with Crippen LogP contribution in [0.25, 0.3) is 0 Å². The van der Waals surface area contributed by atoms with Crippen molar-refractivity contribution in [3.05, 3.63) is 46.5 Å². The fourth-order valence-electron chi connectivity index (χ4n) is 3.15. The molecule has 118 valence electrons. The van der Waals surface area contributed by atoms with Crippen molar-refractivity contribution in [2.75, 3.05) is 19.6 Å². The minimum atomic E-state index is 0.0892. The molecule has 0 radical (unpaired) electrons. The highest BCUT2D eigenvalue weighted by Gasteiger charge is 2.28. The monoisotopic (exact) mass is 319 g/mol. The SMILES string of the molecule is O=C(Cc1ccsc1)NC[C@H](c1ccco1)[NH+]1CCCCC1. The van der Waals surface area contributed by atoms with Crippen molar-refractivity contribution in [3.63, 3.8) is 0 Å². The summed E-state index contributed by atoms with van der Waals surface area (Å²) in [4.78, 5) is 13.6. The van der Waals surface area contributed by atoms with Gasteiger partial charge in [0.1, 0.15) is 0 Å². The fourth-order valence-corrected chi connectivity index (χ4v) is 3.82. The predicted molar refractivity (Wildman–Crippen MR) is 87.0 cm³/mol. The Morgan fingerprint density at radius 1 is 1.32 bits per heavy atom. The summed E-state index contributed by atoms with van der Waals surface area (Å²) in [6, 6.07) is 6.18. The number of quaternary nitrogens is 1. The molecule has 1 fully saturated rings. The second kappa shape index (κ2) is 7.61. The molecule has 0 unspecified atom stereocenters. The van der Waals surface area contributed by atoms with Gasteiger partial charge in [-0.05, 0) is 53.8 Å². The van der Waals surface area contributed by atoms with Gasteiger partial charge >= 0.3 is 0 Å². The van der Waals surface area contributed by atoms with Gasteiger partial charge in [-0.15, -0.1) is 0 Å². The van der Waals surface area contributed by atoms with Crippen molar-refractivity contribution in [1.29, 1.82) is 0 Å². The van der Waals surface area contributed by atoms with Crippen LogP contribution in [0.2, 0.25) is 0 Å². The summed E-state index contributed by atoms with van der Waals surface area (Å²) in [5.74, 6) is 1.07. The van der Waals surface area contributed by atoms with Gasteiger partial charge in [0.25, 0.3) is 0 Å². The maximum absolute atomic E-state index is 12.1. The van der Waals surface area contributed by atoms with E-state index in [4.69, 9.17) is 4.42 Å². The third-order valence-corrected chi connectivity index (χ3v) is 5.06. The number of carbonyl (C=O) groups is 1. The first kappa shape index (κ1) is 15.3. The number of amides is 1. The number of furan rings is 1. The molecule has 1 saturated heterocycles. The Morgan fingerprint density at radius 2 is 2.18 bits per heavy atom. The number of likely N-dealkylation sites (tertiary alicyclic amines) is 1. The van der Waals surface area contributed by atoms with Crippen LogP contribution < -0.4 is 10.2 Å². The maximum Gasteiger partial charge on any atom is 0.224 e. The number of hydrogen-bond donors (Lipinski definition) is 2. The normalized spacial score (nSPS) is 17.3. The van der Waals surface area contributed by atoms with E-state index < -0.39 is 0 Å². The van der Waals surface area contributed by atoms with Gasteiger partial charge in [0.2, 0.25) is 5.91 Å². The molecule has 0 saturated carbocycles. The number of hydrogen-bond acceptors (Lipinski definition) is 3. The molecular formula is C17H23N2O2S+. The van der Waals surface area contributed by atoms with Crippen molar-refractivity contribution in [2.45, 2.75) is 31.7 Å². The highest BCUT2D eigenvalue weighted by Crippen LogP contribution is 2.12. The van der Waals surface area contributed by atoms with Crippen LogP contribution in [-0.4, -0.2) is 25.5 Å². The number of rotatable bonds is 6. The molecule has 5 heteroatoms. The number of piperidine rings is 1. The fraction of sp³-hybridized carbons (Fsp3) is 0.471. The first-order chi connectivity index (χ1) is 10.8. The van der Waals surface area contributed by atoms with E-state index in [0.29, 0.717) is 13.0 Å². The Morgan fingerprint density at radius 3 is 2.86 bits per heavy atom. The summed E-state index contributed by atoms with van der Waals surface area (Å²) in [7, 11) is 0. The molecule has 2 aromatic heterocycles. The third-order valence-electron chi connectivity index (χ3n) is 4.32. The molecule has 22 heavy (non-hydrogen) atoms. The number of thiophene rings is 1. The van der Waals surface area contributed by atoms with Crippen molar-refractivity contribution in [2.24, 2.45) is 0 Å². The number of carbonyl (C=O) groups excluding carboxylic acids is 1. The van der Waals surface area contributed by atoms with Crippen LogP contribution in [0.4, 0.5) is 0 Å². The molecule has 1 aliphatic heterocycles. The van der Waals surface area contributed by atoms with E-state index in [2.05, 4.69) is 5.32 Å². The van der Waals surface area contributed by atoms with Gasteiger partial charge in [0.05, 0.1) is 32.3 Å². The van der Waals surface area contributed by atoms with Crippen LogP contribution in [-0.2, 0) is 11.2 Å². The van der Waals surface area contributed by atoms with Crippen LogP contribution >= 0.6 is 11.3 Å². The molecule has 3 heterocycles. The molecule has 4 nitrogen and oxygen atoms in total. The van der Waals surface area contributed by atoms with Gasteiger partial charge < -0.3 is 14.6 Å². The van der Waals surface area contributed by atoms with Gasteiger partial charge in [-0.25, -0.2) is 0 Å². The molecule has 1 amide bonds. The lowest BCUT2D eigenvalue weighted by atomic mass is 10.1. The topological polar surface area (TPSA) is 46.7 Å². The Bertz CT molecular complexity index is 560. The van der Waals surface area contributed by atoms with Gasteiger partial charge in [-0.2, -0.15) is 11.3 Å². The molecular weight excluding hydrogens is 296 g/mol. The lowest BCUT2D eigenvalue weighted by Crippen LogP contribution is -3.13. The van der Waals surface area contributed by atoms with Gasteiger partial charge in [0, 0.05) is 0 Å². The first-order valence-corrected chi connectivity index (χ1v) is 8.93. The Kier molecular flexibility index (Phi) is 5.29. The highest BCUT2D eigenvalue weighted by atomic mass is 32.1. The zero-order valence-electron chi connectivity index (χ0n) is 12.7. The summed E-state index contributed by atoms with van der Waals surface area (Å²) in [5, 5.41) is 7.12. The van der Waals surface area contributed by atoms with E-state index >= 15 is 0 Å². The minimum absolute atomic E-state index is 0.0892. The van der Waals surface area contributed by atoms with Gasteiger partial charge in [0.15, 0.2) is 11.8 Å². The smallest absolute Gasteiger partial charge is 0.224 e. The summed E-state index contributed by atoms with van der Waals surface area (Å²) < 4.78 is 5.62. The second-order valence-corrected chi connectivity index (χ2v) is 6.68. The lowest BCUT2D eigenvalue weighted by Gasteiger charge is -2.30. The van der Waals surface area contributed by atoms with Gasteiger partial charge in [-0.3, -0.25) is 4.79 Å². The minimum Gasteiger partial charge on any atom is -0.463 e. The third kappa shape index (κ3) is 3.99. The molecule has 0 spiro atoms.